The van der Waals surface area contributed by atoms with Gasteiger partial charge in [-0.1, -0.05) is 42.5 Å². The Morgan fingerprint density at radius 1 is 1.04 bits per heavy atom. The Balaban J connectivity index is 1.36. The van der Waals surface area contributed by atoms with Crippen molar-refractivity contribution in [2.24, 2.45) is 5.92 Å². The molecular weight excluding hydrogens is 316 g/mol. The fourth-order valence-corrected chi connectivity index (χ4v) is 4.54. The van der Waals surface area contributed by atoms with Crippen LogP contribution in [0.5, 0.6) is 0 Å². The molecule has 0 amide bonds. The van der Waals surface area contributed by atoms with E-state index in [2.05, 4.69) is 23.1 Å². The summed E-state index contributed by atoms with van der Waals surface area (Å²) in [4.78, 5) is 7.20. The summed E-state index contributed by atoms with van der Waals surface area (Å²) in [6.07, 6.45) is 1.75. The van der Waals surface area contributed by atoms with E-state index < -0.39 is 0 Å². The Kier molecular flexibility index (Phi) is 4.60. The highest BCUT2D eigenvalue weighted by Gasteiger charge is 2.26. The molecule has 0 radical (unpaired) electrons. The molecule has 2 heterocycles. The SMILES string of the molecule is OC(c1ccccc1)C1CCN(Cc2nc3ccccc3s2)CC1. The molecule has 0 spiro atoms. The van der Waals surface area contributed by atoms with E-state index in [4.69, 9.17) is 4.98 Å². The molecule has 3 aromatic rings. The van der Waals surface area contributed by atoms with Gasteiger partial charge in [-0.3, -0.25) is 4.90 Å². The number of fused-ring (bicyclic) bond motifs is 1. The van der Waals surface area contributed by atoms with Gasteiger partial charge in [0.05, 0.1) is 22.9 Å². The lowest BCUT2D eigenvalue weighted by atomic mass is 9.87. The molecule has 1 aliphatic heterocycles. The van der Waals surface area contributed by atoms with E-state index in [9.17, 15) is 5.11 Å². The first kappa shape index (κ1) is 15.8. The number of benzene rings is 2. The molecule has 0 aliphatic carbocycles. The van der Waals surface area contributed by atoms with Crippen molar-refractivity contribution in [1.29, 1.82) is 0 Å². The minimum Gasteiger partial charge on any atom is -0.388 e. The summed E-state index contributed by atoms with van der Waals surface area (Å²) in [6, 6.07) is 18.4. The maximum absolute atomic E-state index is 10.6. The molecule has 4 rings (SSSR count). The number of hydrogen-bond donors (Lipinski definition) is 1. The Bertz CT molecular complexity index is 761. The second-order valence-corrected chi connectivity index (χ2v) is 7.66. The van der Waals surface area contributed by atoms with Gasteiger partial charge < -0.3 is 5.11 Å². The smallest absolute Gasteiger partial charge is 0.108 e. The van der Waals surface area contributed by atoms with Crippen molar-refractivity contribution >= 4 is 21.6 Å². The van der Waals surface area contributed by atoms with Crippen molar-refractivity contribution in [3.8, 4) is 0 Å². The molecule has 1 aliphatic rings. The number of thiazole rings is 1. The number of rotatable bonds is 4. The third kappa shape index (κ3) is 3.36. The summed E-state index contributed by atoms with van der Waals surface area (Å²) in [5.74, 6) is 0.360. The fourth-order valence-electron chi connectivity index (χ4n) is 3.53. The average Bonchev–Trinajstić information content (AvgIpc) is 3.05. The standard InChI is InChI=1S/C20H22N2OS/c23-20(15-6-2-1-3-7-15)16-10-12-22(13-11-16)14-19-21-17-8-4-5-9-18(17)24-19/h1-9,16,20,23H,10-14H2. The third-order valence-corrected chi connectivity index (χ3v) is 5.94. The van der Waals surface area contributed by atoms with Crippen LogP contribution < -0.4 is 0 Å². The average molecular weight is 338 g/mol. The quantitative estimate of drug-likeness (QED) is 0.773. The fraction of sp³-hybridized carbons (Fsp3) is 0.350. The second-order valence-electron chi connectivity index (χ2n) is 6.54. The van der Waals surface area contributed by atoms with Crippen LogP contribution in [0.4, 0.5) is 0 Å². The van der Waals surface area contributed by atoms with Crippen LogP contribution in [0.1, 0.15) is 29.5 Å². The number of para-hydroxylation sites is 1. The van der Waals surface area contributed by atoms with E-state index in [1.54, 1.807) is 11.3 Å². The van der Waals surface area contributed by atoms with Gasteiger partial charge in [-0.25, -0.2) is 4.98 Å². The predicted molar refractivity (Wildman–Crippen MR) is 99.0 cm³/mol. The van der Waals surface area contributed by atoms with Crippen molar-refractivity contribution in [2.45, 2.75) is 25.5 Å². The lowest BCUT2D eigenvalue weighted by Gasteiger charge is -2.33. The van der Waals surface area contributed by atoms with Gasteiger partial charge in [-0.2, -0.15) is 0 Å². The van der Waals surface area contributed by atoms with Gasteiger partial charge in [-0.15, -0.1) is 11.3 Å². The molecule has 3 nitrogen and oxygen atoms in total. The van der Waals surface area contributed by atoms with Gasteiger partial charge in [0.1, 0.15) is 5.01 Å². The van der Waals surface area contributed by atoms with Crippen LogP contribution in [0.15, 0.2) is 54.6 Å². The van der Waals surface area contributed by atoms with Gasteiger partial charge in [0.15, 0.2) is 0 Å². The number of piperidine rings is 1. The highest BCUT2D eigenvalue weighted by molar-refractivity contribution is 7.18. The molecule has 24 heavy (non-hydrogen) atoms. The lowest BCUT2D eigenvalue weighted by molar-refractivity contribution is 0.0568. The molecule has 1 fully saturated rings. The van der Waals surface area contributed by atoms with Crippen LogP contribution in [0.2, 0.25) is 0 Å². The Hall–Kier alpha value is -1.75. The molecule has 1 aromatic heterocycles. The first-order chi connectivity index (χ1) is 11.8. The topological polar surface area (TPSA) is 36.4 Å². The van der Waals surface area contributed by atoms with Crippen molar-refractivity contribution in [1.82, 2.24) is 9.88 Å². The van der Waals surface area contributed by atoms with Crippen LogP contribution in [0.3, 0.4) is 0 Å². The van der Waals surface area contributed by atoms with E-state index in [1.165, 1.54) is 9.71 Å². The van der Waals surface area contributed by atoms with Gasteiger partial charge in [0.25, 0.3) is 0 Å². The first-order valence-corrected chi connectivity index (χ1v) is 9.41. The van der Waals surface area contributed by atoms with Crippen LogP contribution >= 0.6 is 11.3 Å². The van der Waals surface area contributed by atoms with E-state index in [1.807, 2.05) is 36.4 Å². The molecule has 0 bridgehead atoms. The number of hydrogen-bond acceptors (Lipinski definition) is 4. The van der Waals surface area contributed by atoms with Crippen LogP contribution in [-0.2, 0) is 6.54 Å². The monoisotopic (exact) mass is 338 g/mol. The summed E-state index contributed by atoms with van der Waals surface area (Å²) in [6.45, 7) is 2.99. The molecule has 124 valence electrons. The highest BCUT2D eigenvalue weighted by atomic mass is 32.1. The normalized spacial score (nSPS) is 18.0. The maximum Gasteiger partial charge on any atom is 0.108 e. The summed E-state index contributed by atoms with van der Waals surface area (Å²) in [5.41, 5.74) is 2.15. The molecule has 1 saturated heterocycles. The van der Waals surface area contributed by atoms with Gasteiger partial charge in [0.2, 0.25) is 0 Å². The molecule has 1 unspecified atom stereocenters. The van der Waals surface area contributed by atoms with Gasteiger partial charge >= 0.3 is 0 Å². The summed E-state index contributed by atoms with van der Waals surface area (Å²) in [7, 11) is 0. The van der Waals surface area contributed by atoms with Crippen molar-refractivity contribution in [2.75, 3.05) is 13.1 Å². The minimum atomic E-state index is -0.337. The molecular formula is C20H22N2OS. The highest BCUT2D eigenvalue weighted by Crippen LogP contribution is 2.31. The Morgan fingerprint density at radius 3 is 2.50 bits per heavy atom. The van der Waals surface area contributed by atoms with Gasteiger partial charge in [0, 0.05) is 0 Å². The summed E-state index contributed by atoms with van der Waals surface area (Å²) < 4.78 is 1.27. The Labute approximate surface area is 146 Å². The second kappa shape index (κ2) is 7.01. The predicted octanol–water partition coefficient (Wildman–Crippen LogP) is 4.24. The maximum atomic E-state index is 10.6. The zero-order valence-corrected chi connectivity index (χ0v) is 14.5. The molecule has 1 N–H and O–H groups in total. The van der Waals surface area contributed by atoms with E-state index >= 15 is 0 Å². The minimum absolute atomic E-state index is 0.337. The summed E-state index contributed by atoms with van der Waals surface area (Å²) in [5, 5.41) is 11.8. The zero-order valence-electron chi connectivity index (χ0n) is 13.6. The first-order valence-electron chi connectivity index (χ1n) is 8.59. The number of aliphatic hydroxyl groups excluding tert-OH is 1. The van der Waals surface area contributed by atoms with Crippen LogP contribution in [0.25, 0.3) is 10.2 Å². The summed E-state index contributed by atoms with van der Waals surface area (Å²) >= 11 is 1.79. The number of likely N-dealkylation sites (tertiary alicyclic amines) is 1. The Morgan fingerprint density at radius 2 is 1.75 bits per heavy atom. The largest absolute Gasteiger partial charge is 0.388 e. The van der Waals surface area contributed by atoms with Crippen molar-refractivity contribution in [3.05, 3.63) is 65.2 Å². The molecule has 2 aromatic carbocycles. The molecule has 4 heteroatoms. The van der Waals surface area contributed by atoms with Crippen LogP contribution in [-0.4, -0.2) is 28.1 Å². The van der Waals surface area contributed by atoms with Crippen LogP contribution in [0, 0.1) is 5.92 Å². The van der Waals surface area contributed by atoms with Gasteiger partial charge in [-0.05, 0) is 49.5 Å². The van der Waals surface area contributed by atoms with Crippen molar-refractivity contribution in [3.63, 3.8) is 0 Å². The number of aliphatic hydroxyl groups is 1. The zero-order chi connectivity index (χ0) is 16.4. The van der Waals surface area contributed by atoms with E-state index in [-0.39, 0.29) is 6.10 Å². The number of aromatic nitrogens is 1. The molecule has 0 saturated carbocycles. The number of nitrogens with zero attached hydrogens (tertiary/aromatic N) is 2. The lowest BCUT2D eigenvalue weighted by Crippen LogP contribution is -2.35. The van der Waals surface area contributed by atoms with E-state index in [0.29, 0.717) is 5.92 Å². The van der Waals surface area contributed by atoms with Crippen molar-refractivity contribution < 1.29 is 5.11 Å². The van der Waals surface area contributed by atoms with E-state index in [0.717, 1.165) is 43.6 Å². The third-order valence-electron chi connectivity index (χ3n) is 4.92. The molecule has 1 atom stereocenters.